The van der Waals surface area contributed by atoms with Crippen molar-refractivity contribution >= 4 is 39.7 Å². The topological polar surface area (TPSA) is 77.6 Å². The largest absolute Gasteiger partial charge is 0.311 e. The lowest BCUT2D eigenvalue weighted by Gasteiger charge is -2.26. The molecule has 0 unspecified atom stereocenters. The van der Waals surface area contributed by atoms with E-state index in [1.165, 1.54) is 22.3 Å². The second-order valence-corrected chi connectivity index (χ2v) is 13.0. The normalized spacial score (nSPS) is 11.6. The van der Waals surface area contributed by atoms with E-state index in [-0.39, 0.29) is 17.6 Å². The van der Waals surface area contributed by atoms with Gasteiger partial charge in [-0.1, -0.05) is 82.9 Å². The second kappa shape index (κ2) is 15.7. The molecule has 0 fully saturated rings. The van der Waals surface area contributed by atoms with E-state index in [1.807, 2.05) is 36.4 Å². The Morgan fingerprint density at radius 2 is 0.885 bits per heavy atom. The fourth-order valence-electron chi connectivity index (χ4n) is 6.18. The van der Waals surface area contributed by atoms with Crippen molar-refractivity contribution in [3.8, 4) is 18.2 Å². The standard InChI is InChI=1S/C47H38N5/c1-33-5-17-41(18-6-33)51(42-19-7-34(2)8-20-42)45-25-13-37(14-26-45)47(29-39(30-48)40(31-49)32-50)38-15-27-46(28-16-38)52(43-21-9-35(3)10-22-43)44-23-11-36(4)12-24-44/h5-28H,29H2,1-4H3/q+1. The molecule has 0 amide bonds. The van der Waals surface area contributed by atoms with Crippen molar-refractivity contribution < 1.29 is 0 Å². The van der Waals surface area contributed by atoms with E-state index in [1.54, 1.807) is 0 Å². The maximum atomic E-state index is 10.1. The highest BCUT2D eigenvalue weighted by atomic mass is 15.1. The number of nitriles is 3. The highest BCUT2D eigenvalue weighted by Crippen LogP contribution is 2.37. The maximum absolute atomic E-state index is 10.1. The van der Waals surface area contributed by atoms with Gasteiger partial charge >= 0.3 is 0 Å². The van der Waals surface area contributed by atoms with Gasteiger partial charge in [0.05, 0.1) is 11.6 Å². The summed E-state index contributed by atoms with van der Waals surface area (Å²) in [6, 6.07) is 48.0. The molecule has 1 aliphatic rings. The zero-order valence-corrected chi connectivity index (χ0v) is 29.8. The Labute approximate surface area is 306 Å². The van der Waals surface area contributed by atoms with Crippen LogP contribution in [0, 0.1) is 61.7 Å². The van der Waals surface area contributed by atoms with Crippen LogP contribution < -0.4 is 9.48 Å². The molecule has 0 saturated carbocycles. The van der Waals surface area contributed by atoms with Crippen molar-refractivity contribution in [2.24, 2.45) is 0 Å². The summed E-state index contributed by atoms with van der Waals surface area (Å²) in [5.74, 6) is 0. The predicted molar refractivity (Wildman–Crippen MR) is 213 cm³/mol. The van der Waals surface area contributed by atoms with E-state index >= 15 is 0 Å². The van der Waals surface area contributed by atoms with Gasteiger partial charge in [-0.2, -0.15) is 20.4 Å². The van der Waals surface area contributed by atoms with Crippen LogP contribution in [0.3, 0.4) is 0 Å². The Morgan fingerprint density at radius 1 is 0.500 bits per heavy atom. The quantitative estimate of drug-likeness (QED) is 0.121. The minimum absolute atomic E-state index is 0.130. The number of aryl methyl sites for hydroxylation is 4. The first kappa shape index (κ1) is 34.8. The first-order valence-electron chi connectivity index (χ1n) is 17.1. The minimum atomic E-state index is -0.178. The molecule has 0 bridgehead atoms. The molecule has 1 aliphatic carbocycles. The molecule has 5 heteroatoms. The molecule has 0 atom stereocenters. The molecule has 0 N–H and O–H groups in total. The predicted octanol–water partition coefficient (Wildman–Crippen LogP) is 11.5. The summed E-state index contributed by atoms with van der Waals surface area (Å²) >= 11 is 0. The Hall–Kier alpha value is -7.00. The summed E-state index contributed by atoms with van der Waals surface area (Å²) in [5.41, 5.74) is 13.4. The van der Waals surface area contributed by atoms with Gasteiger partial charge in [0, 0.05) is 59.9 Å². The van der Waals surface area contributed by atoms with Crippen molar-refractivity contribution in [2.75, 3.05) is 4.90 Å². The third-order valence-electron chi connectivity index (χ3n) is 9.13. The number of benzene rings is 5. The van der Waals surface area contributed by atoms with E-state index in [9.17, 15) is 15.8 Å². The van der Waals surface area contributed by atoms with Crippen LogP contribution in [-0.4, -0.2) is 5.71 Å². The molecule has 0 saturated heterocycles. The zero-order chi connectivity index (χ0) is 36.6. The van der Waals surface area contributed by atoms with Gasteiger partial charge in [-0.15, -0.1) is 0 Å². The van der Waals surface area contributed by atoms with Crippen molar-refractivity contribution in [1.29, 1.82) is 15.8 Å². The van der Waals surface area contributed by atoms with E-state index in [2.05, 4.69) is 165 Å². The van der Waals surface area contributed by atoms with Gasteiger partial charge in [0.1, 0.15) is 17.7 Å². The van der Waals surface area contributed by atoms with E-state index in [0.29, 0.717) is 0 Å². The first-order chi connectivity index (χ1) is 25.3. The molecule has 0 aliphatic heterocycles. The van der Waals surface area contributed by atoms with Gasteiger partial charge in [-0.3, -0.25) is 0 Å². The van der Waals surface area contributed by atoms with Gasteiger partial charge in [-0.05, 0) is 93.0 Å². The summed E-state index contributed by atoms with van der Waals surface area (Å²) in [6.07, 6.45) is 8.37. The third-order valence-corrected chi connectivity index (χ3v) is 9.13. The molecule has 0 aromatic heterocycles. The van der Waals surface area contributed by atoms with Crippen LogP contribution in [0.1, 0.15) is 34.2 Å². The monoisotopic (exact) mass is 672 g/mol. The molecule has 0 heterocycles. The van der Waals surface area contributed by atoms with Crippen molar-refractivity contribution in [3.05, 3.63) is 190 Å². The molecule has 5 nitrogen and oxygen atoms in total. The Morgan fingerprint density at radius 3 is 1.27 bits per heavy atom. The molecule has 5 aromatic carbocycles. The van der Waals surface area contributed by atoms with Crippen LogP contribution in [0.5, 0.6) is 0 Å². The van der Waals surface area contributed by atoms with Crippen molar-refractivity contribution in [1.82, 2.24) is 4.58 Å². The highest BCUT2D eigenvalue weighted by molar-refractivity contribution is 6.09. The lowest BCUT2D eigenvalue weighted by molar-refractivity contribution is 1.08. The van der Waals surface area contributed by atoms with Crippen LogP contribution in [-0.2, 0) is 0 Å². The number of nitrogens with zero attached hydrogens (tertiary/aromatic N) is 5. The highest BCUT2D eigenvalue weighted by Gasteiger charge is 2.21. The summed E-state index contributed by atoms with van der Waals surface area (Å²) in [5, 5.41) is 29.4. The summed E-state index contributed by atoms with van der Waals surface area (Å²) < 4.78 is 2.21. The third kappa shape index (κ3) is 7.74. The fraction of sp³-hybridized carbons (Fsp3) is 0.106. The van der Waals surface area contributed by atoms with Gasteiger partial charge < -0.3 is 4.90 Å². The average Bonchev–Trinajstić information content (AvgIpc) is 3.17. The summed E-state index contributed by atoms with van der Waals surface area (Å²) in [4.78, 5) is 2.21. The summed E-state index contributed by atoms with van der Waals surface area (Å²) in [7, 11) is 0. The Kier molecular flexibility index (Phi) is 10.5. The molecule has 250 valence electrons. The number of rotatable bonds is 8. The second-order valence-electron chi connectivity index (χ2n) is 13.0. The van der Waals surface area contributed by atoms with E-state index in [0.717, 1.165) is 50.9 Å². The molecule has 0 spiro atoms. The molecule has 5 aromatic rings. The van der Waals surface area contributed by atoms with Gasteiger partial charge in [0.2, 0.25) is 17.1 Å². The number of hydrogen-bond donors (Lipinski definition) is 0. The van der Waals surface area contributed by atoms with Gasteiger partial charge in [-0.25, -0.2) is 0 Å². The Balaban J connectivity index is 1.47. The molecule has 6 rings (SSSR count). The van der Waals surface area contributed by atoms with E-state index in [4.69, 9.17) is 0 Å². The zero-order valence-electron chi connectivity index (χ0n) is 29.8. The lowest BCUT2D eigenvalue weighted by Crippen LogP contribution is -2.15. The fourth-order valence-corrected chi connectivity index (χ4v) is 6.18. The van der Waals surface area contributed by atoms with Gasteiger partial charge in [0.15, 0.2) is 0 Å². The SMILES string of the molecule is Cc1ccc(N(c2ccc(C)cc2)c2ccc(C(CC(C#N)=C(C#N)C#N)=C3C=CC(=[N+](c4ccc(C)cc4)c4ccc(C)cc4)C=C3)cc2)cc1. The van der Waals surface area contributed by atoms with Crippen LogP contribution >= 0.6 is 0 Å². The average molecular weight is 673 g/mol. The molecular formula is C47H38N5+. The maximum Gasteiger partial charge on any atom is 0.211 e. The molecule has 0 radical (unpaired) electrons. The molecule has 52 heavy (non-hydrogen) atoms. The van der Waals surface area contributed by atoms with Crippen LogP contribution in [0.4, 0.5) is 28.4 Å². The van der Waals surface area contributed by atoms with Crippen LogP contribution in [0.2, 0.25) is 0 Å². The van der Waals surface area contributed by atoms with Gasteiger partial charge in [0.25, 0.3) is 0 Å². The van der Waals surface area contributed by atoms with Crippen molar-refractivity contribution in [3.63, 3.8) is 0 Å². The molecular weight excluding hydrogens is 635 g/mol. The smallest absolute Gasteiger partial charge is 0.211 e. The van der Waals surface area contributed by atoms with E-state index < -0.39 is 0 Å². The Bertz CT molecular complexity index is 2260. The first-order valence-corrected chi connectivity index (χ1v) is 17.1. The summed E-state index contributed by atoms with van der Waals surface area (Å²) in [6.45, 7) is 8.31. The minimum Gasteiger partial charge on any atom is -0.311 e. The number of hydrogen-bond acceptors (Lipinski definition) is 4. The lowest BCUT2D eigenvalue weighted by atomic mass is 9.90. The number of allylic oxidation sites excluding steroid dienone is 8. The van der Waals surface area contributed by atoms with Crippen molar-refractivity contribution in [2.45, 2.75) is 34.1 Å². The number of anilines is 3. The van der Waals surface area contributed by atoms with Crippen LogP contribution in [0.25, 0.3) is 5.57 Å². The van der Waals surface area contributed by atoms with Crippen LogP contribution in [0.15, 0.2) is 162 Å².